The van der Waals surface area contributed by atoms with Gasteiger partial charge in [-0.05, 0) is 67.5 Å². The van der Waals surface area contributed by atoms with E-state index in [0.717, 1.165) is 27.6 Å². The minimum absolute atomic E-state index is 0.00246. The zero-order valence-electron chi connectivity index (χ0n) is 30.6. The number of aromatic nitrogens is 2. The predicted molar refractivity (Wildman–Crippen MR) is 202 cm³/mol. The SMILES string of the molecule is CCc1c(F)ccc2cc(OCOC)cc(N3CCc4c(nc(N5CC(C)(NC(=O)OCc6ccccc6)C5)nc4OS(=O)(=O)c4ccc(C)cc4)C3)c12. The predicted octanol–water partition coefficient (Wildman–Crippen LogP) is 6.46. The van der Waals surface area contributed by atoms with Gasteiger partial charge in [0, 0.05) is 49.4 Å². The van der Waals surface area contributed by atoms with Crippen molar-refractivity contribution < 1.29 is 36.0 Å². The van der Waals surface area contributed by atoms with E-state index in [0.29, 0.717) is 55.0 Å². The Morgan fingerprint density at radius 2 is 1.76 bits per heavy atom. The van der Waals surface area contributed by atoms with Crippen molar-refractivity contribution in [3.05, 3.63) is 113 Å². The third-order valence-electron chi connectivity index (χ3n) is 9.65. The van der Waals surface area contributed by atoms with E-state index in [4.69, 9.17) is 23.4 Å². The molecule has 0 saturated carbocycles. The summed E-state index contributed by atoms with van der Waals surface area (Å²) in [5, 5.41) is 4.52. The molecule has 0 aliphatic carbocycles. The molecule has 4 aromatic carbocycles. The molecule has 282 valence electrons. The highest BCUT2D eigenvalue weighted by Gasteiger charge is 2.43. The summed E-state index contributed by atoms with van der Waals surface area (Å²) >= 11 is 0. The van der Waals surface area contributed by atoms with Crippen molar-refractivity contribution in [2.75, 3.05) is 43.3 Å². The van der Waals surface area contributed by atoms with Crippen molar-refractivity contribution >= 4 is 38.6 Å². The Morgan fingerprint density at radius 3 is 2.48 bits per heavy atom. The highest BCUT2D eigenvalue weighted by molar-refractivity contribution is 7.87. The smallest absolute Gasteiger partial charge is 0.408 e. The molecule has 1 amide bonds. The Morgan fingerprint density at radius 1 is 1.00 bits per heavy atom. The summed E-state index contributed by atoms with van der Waals surface area (Å²) in [7, 11) is -2.71. The number of methoxy groups -OCH3 is 1. The molecule has 1 fully saturated rings. The molecule has 5 aromatic rings. The Hall–Kier alpha value is -5.47. The molecule has 1 aromatic heterocycles. The summed E-state index contributed by atoms with van der Waals surface area (Å²) in [4.78, 5) is 26.3. The number of benzene rings is 4. The number of nitrogens with one attached hydrogen (secondary N) is 1. The number of hydrogen-bond acceptors (Lipinski definition) is 11. The summed E-state index contributed by atoms with van der Waals surface area (Å²) in [6.45, 7) is 7.21. The minimum atomic E-state index is -4.25. The fourth-order valence-corrected chi connectivity index (χ4v) is 7.86. The van der Waals surface area contributed by atoms with Crippen molar-refractivity contribution in [2.24, 2.45) is 0 Å². The highest BCUT2D eigenvalue weighted by atomic mass is 32.2. The monoisotopic (exact) mass is 755 g/mol. The van der Waals surface area contributed by atoms with Crippen LogP contribution in [0, 0.1) is 12.7 Å². The summed E-state index contributed by atoms with van der Waals surface area (Å²) in [5.41, 5.74) is 3.59. The van der Waals surface area contributed by atoms with Gasteiger partial charge in [-0.25, -0.2) is 14.2 Å². The summed E-state index contributed by atoms with van der Waals surface area (Å²) in [5.74, 6) is 0.463. The van der Waals surface area contributed by atoms with E-state index in [1.807, 2.05) is 68.1 Å². The molecule has 0 spiro atoms. The number of carbonyl (C=O) groups is 1. The van der Waals surface area contributed by atoms with Gasteiger partial charge < -0.3 is 33.5 Å². The van der Waals surface area contributed by atoms with E-state index in [1.54, 1.807) is 25.3 Å². The Kier molecular flexibility index (Phi) is 10.3. The molecular formula is C40H42FN5O7S. The Balaban J connectivity index is 1.20. The molecule has 2 aliphatic rings. The largest absolute Gasteiger partial charge is 0.467 e. The molecule has 1 N–H and O–H groups in total. The number of alkyl carbamates (subject to hydrolysis) is 1. The van der Waals surface area contributed by atoms with Crippen LogP contribution in [0.15, 0.2) is 83.8 Å². The number of halogens is 1. The van der Waals surface area contributed by atoms with Crippen LogP contribution in [0.3, 0.4) is 0 Å². The summed E-state index contributed by atoms with van der Waals surface area (Å²) in [6.07, 6.45) is 0.271. The van der Waals surface area contributed by atoms with Crippen molar-refractivity contribution in [1.82, 2.24) is 15.3 Å². The van der Waals surface area contributed by atoms with Gasteiger partial charge in [0.15, 0.2) is 6.79 Å². The third-order valence-corrected chi connectivity index (χ3v) is 10.9. The lowest BCUT2D eigenvalue weighted by Crippen LogP contribution is -2.69. The molecule has 12 nitrogen and oxygen atoms in total. The molecule has 0 atom stereocenters. The second kappa shape index (κ2) is 15.1. The normalized spacial score (nSPS) is 15.0. The number of aryl methyl sites for hydroxylation is 2. The van der Waals surface area contributed by atoms with Gasteiger partial charge in [-0.15, -0.1) is 0 Å². The topological polar surface area (TPSA) is 132 Å². The number of fused-ring (bicyclic) bond motifs is 2. The summed E-state index contributed by atoms with van der Waals surface area (Å²) < 4.78 is 64.6. The average Bonchev–Trinajstić information content (AvgIpc) is 3.15. The molecule has 1 saturated heterocycles. The van der Waals surface area contributed by atoms with Crippen molar-refractivity contribution in [3.8, 4) is 11.6 Å². The molecule has 14 heteroatoms. The fraction of sp³-hybridized carbons (Fsp3) is 0.325. The number of amides is 1. The second-order valence-corrected chi connectivity index (χ2v) is 15.4. The van der Waals surface area contributed by atoms with Crippen LogP contribution in [0.25, 0.3) is 10.8 Å². The minimum Gasteiger partial charge on any atom is -0.467 e. The number of anilines is 2. The lowest BCUT2D eigenvalue weighted by Gasteiger charge is -2.48. The van der Waals surface area contributed by atoms with Crippen molar-refractivity contribution in [2.45, 2.75) is 57.2 Å². The lowest BCUT2D eigenvalue weighted by molar-refractivity contribution is 0.0512. The van der Waals surface area contributed by atoms with E-state index in [1.165, 1.54) is 18.2 Å². The first-order chi connectivity index (χ1) is 25.9. The third kappa shape index (κ3) is 7.75. The molecule has 0 radical (unpaired) electrons. The molecule has 3 heterocycles. The van der Waals surface area contributed by atoms with Gasteiger partial charge in [-0.3, -0.25) is 0 Å². The van der Waals surface area contributed by atoms with E-state index in [2.05, 4.69) is 15.2 Å². The maximum atomic E-state index is 15.2. The van der Waals surface area contributed by atoms with E-state index in [9.17, 15) is 13.2 Å². The van der Waals surface area contributed by atoms with Gasteiger partial charge in [-0.1, -0.05) is 61.0 Å². The van der Waals surface area contributed by atoms with E-state index >= 15 is 4.39 Å². The quantitative estimate of drug-likeness (QED) is 0.111. The number of carbonyl (C=O) groups excluding carboxylic acids is 1. The molecule has 0 bridgehead atoms. The first kappa shape index (κ1) is 36.9. The fourth-order valence-electron chi connectivity index (χ4n) is 6.95. The molecule has 7 rings (SSSR count). The van der Waals surface area contributed by atoms with Gasteiger partial charge in [0.1, 0.15) is 23.1 Å². The average molecular weight is 756 g/mol. The Labute approximate surface area is 314 Å². The molecular weight excluding hydrogens is 714 g/mol. The van der Waals surface area contributed by atoms with Crippen LogP contribution >= 0.6 is 0 Å². The number of hydrogen-bond donors (Lipinski definition) is 1. The first-order valence-electron chi connectivity index (χ1n) is 17.7. The van der Waals surface area contributed by atoms with Gasteiger partial charge >= 0.3 is 16.2 Å². The number of ether oxygens (including phenoxy) is 3. The van der Waals surface area contributed by atoms with Crippen molar-refractivity contribution in [3.63, 3.8) is 0 Å². The zero-order valence-corrected chi connectivity index (χ0v) is 31.4. The van der Waals surface area contributed by atoms with Gasteiger partial charge in [0.2, 0.25) is 11.8 Å². The van der Waals surface area contributed by atoms with Gasteiger partial charge in [0.25, 0.3) is 0 Å². The van der Waals surface area contributed by atoms with Crippen molar-refractivity contribution in [1.29, 1.82) is 0 Å². The first-order valence-corrected chi connectivity index (χ1v) is 19.1. The van der Waals surface area contributed by atoms with Crippen LogP contribution in [0.4, 0.5) is 20.8 Å². The van der Waals surface area contributed by atoms with Crippen LogP contribution in [-0.4, -0.2) is 63.6 Å². The van der Waals surface area contributed by atoms with Gasteiger partial charge in [-0.2, -0.15) is 13.4 Å². The molecule has 54 heavy (non-hydrogen) atoms. The van der Waals surface area contributed by atoms with Crippen LogP contribution in [0.2, 0.25) is 0 Å². The maximum Gasteiger partial charge on any atom is 0.408 e. The Bertz CT molecular complexity index is 2280. The van der Waals surface area contributed by atoms with E-state index in [-0.39, 0.29) is 42.5 Å². The summed E-state index contributed by atoms with van der Waals surface area (Å²) in [6, 6.07) is 22.7. The van der Waals surface area contributed by atoms with Crippen LogP contribution in [-0.2, 0) is 45.6 Å². The lowest BCUT2D eigenvalue weighted by atomic mass is 9.93. The number of rotatable bonds is 12. The zero-order chi connectivity index (χ0) is 38.0. The molecule has 2 aliphatic heterocycles. The standard InChI is InChI=1S/C40H42FN5O7S/c1-5-31-33(41)16-13-28-19-29(52-25-50-4)20-35(36(28)31)45-18-17-32-34(21-45)42-38(43-37(32)53-54(48,49)30-14-11-26(2)12-15-30)46-23-40(3,24-46)44-39(47)51-22-27-9-7-6-8-10-27/h6-16,19-20H,5,17-18,21-25H2,1-4H3,(H,44,47). The van der Waals surface area contributed by atoms with E-state index < -0.39 is 21.8 Å². The highest BCUT2D eigenvalue weighted by Crippen LogP contribution is 2.40. The van der Waals surface area contributed by atoms with Crippen LogP contribution < -0.4 is 24.0 Å². The van der Waals surface area contributed by atoms with Gasteiger partial charge in [0.05, 0.1) is 17.8 Å². The second-order valence-electron chi connectivity index (χ2n) is 13.9. The van der Waals surface area contributed by atoms with Crippen LogP contribution in [0.5, 0.6) is 11.6 Å². The number of nitrogens with zero attached hydrogens (tertiary/aromatic N) is 4. The van der Waals surface area contributed by atoms with Crippen LogP contribution in [0.1, 0.15) is 41.8 Å². The maximum absolute atomic E-state index is 15.2. The molecule has 0 unspecified atom stereocenters.